The Kier molecular flexibility index (Phi) is 5.58. The molecule has 0 heterocycles. The number of hydrogen-bond acceptors (Lipinski definition) is 4. The monoisotopic (exact) mass is 274 g/mol. The molecule has 1 N–H and O–H groups in total. The smallest absolute Gasteiger partial charge is 0.293 e. The fraction of sp³-hybridized carbons (Fsp3) is 0.455. The largest absolute Gasteiger partial charge is 0.378 e. The Labute approximate surface area is 110 Å². The Morgan fingerprint density at radius 2 is 2.29 bits per heavy atom. The number of nitrogens with zero attached hydrogens (tertiary/aromatic N) is 1. The molecule has 0 amide bonds. The van der Waals surface area contributed by atoms with E-state index in [1.807, 2.05) is 6.26 Å². The van der Waals surface area contributed by atoms with Gasteiger partial charge in [0.25, 0.3) is 5.69 Å². The van der Waals surface area contributed by atoms with Crippen LogP contribution in [0.15, 0.2) is 18.2 Å². The van der Waals surface area contributed by atoms with Crippen LogP contribution in [-0.2, 0) is 0 Å². The molecule has 94 valence electrons. The van der Waals surface area contributed by atoms with Gasteiger partial charge in [0.1, 0.15) is 5.69 Å². The van der Waals surface area contributed by atoms with Crippen LogP contribution in [-0.4, -0.2) is 23.0 Å². The number of nitro benzene ring substituents is 1. The van der Waals surface area contributed by atoms with E-state index in [1.165, 1.54) is 6.07 Å². The van der Waals surface area contributed by atoms with Crippen molar-refractivity contribution in [2.45, 2.75) is 18.6 Å². The lowest BCUT2D eigenvalue weighted by Crippen LogP contribution is -2.09. The lowest BCUT2D eigenvalue weighted by molar-refractivity contribution is -0.383. The van der Waals surface area contributed by atoms with Gasteiger partial charge in [-0.05, 0) is 18.7 Å². The van der Waals surface area contributed by atoms with Crippen LogP contribution >= 0.6 is 23.4 Å². The number of nitro groups is 1. The molecule has 0 spiro atoms. The second-order valence-corrected chi connectivity index (χ2v) is 5.34. The molecule has 0 radical (unpaired) electrons. The topological polar surface area (TPSA) is 55.2 Å². The quantitative estimate of drug-likeness (QED) is 0.633. The van der Waals surface area contributed by atoms with Crippen molar-refractivity contribution < 1.29 is 4.92 Å². The van der Waals surface area contributed by atoms with Crippen LogP contribution in [0.2, 0.25) is 5.02 Å². The van der Waals surface area contributed by atoms with Crippen molar-refractivity contribution in [3.8, 4) is 0 Å². The molecule has 0 aliphatic rings. The predicted molar refractivity (Wildman–Crippen MR) is 74.2 cm³/mol. The molecule has 1 atom stereocenters. The third kappa shape index (κ3) is 4.09. The summed E-state index contributed by atoms with van der Waals surface area (Å²) in [6.07, 6.45) is 2.98. The first kappa shape index (κ1) is 14.1. The highest BCUT2D eigenvalue weighted by Crippen LogP contribution is 2.31. The second-order valence-electron chi connectivity index (χ2n) is 3.65. The number of thioether (sulfide) groups is 1. The van der Waals surface area contributed by atoms with E-state index in [9.17, 15) is 10.1 Å². The van der Waals surface area contributed by atoms with E-state index in [-0.39, 0.29) is 5.69 Å². The molecule has 0 aliphatic carbocycles. The lowest BCUT2D eigenvalue weighted by atomic mass is 10.2. The van der Waals surface area contributed by atoms with Crippen molar-refractivity contribution in [2.75, 3.05) is 18.1 Å². The van der Waals surface area contributed by atoms with Gasteiger partial charge in [-0.25, -0.2) is 0 Å². The van der Waals surface area contributed by atoms with Gasteiger partial charge in [0, 0.05) is 17.9 Å². The highest BCUT2D eigenvalue weighted by Gasteiger charge is 2.16. The summed E-state index contributed by atoms with van der Waals surface area (Å²) in [4.78, 5) is 10.4. The molecule has 0 bridgehead atoms. The summed E-state index contributed by atoms with van der Waals surface area (Å²) in [5.41, 5.74) is 0.432. The number of halogens is 1. The number of para-hydroxylation sites is 1. The Balaban J connectivity index is 2.72. The van der Waals surface area contributed by atoms with Crippen molar-refractivity contribution in [1.82, 2.24) is 0 Å². The predicted octanol–water partition coefficient (Wildman–Crippen LogP) is 3.80. The van der Waals surface area contributed by atoms with E-state index in [0.717, 1.165) is 6.42 Å². The number of hydrogen-bond donors (Lipinski definition) is 1. The van der Waals surface area contributed by atoms with Crippen LogP contribution < -0.4 is 5.32 Å². The van der Waals surface area contributed by atoms with Gasteiger partial charge in [-0.2, -0.15) is 11.8 Å². The third-order valence-corrected chi connectivity index (χ3v) is 3.80. The van der Waals surface area contributed by atoms with Gasteiger partial charge in [-0.15, -0.1) is 0 Å². The van der Waals surface area contributed by atoms with Gasteiger partial charge in [0.05, 0.1) is 9.95 Å². The highest BCUT2D eigenvalue weighted by atomic mass is 35.5. The van der Waals surface area contributed by atoms with Crippen molar-refractivity contribution in [3.63, 3.8) is 0 Å². The van der Waals surface area contributed by atoms with Gasteiger partial charge < -0.3 is 5.32 Å². The zero-order valence-electron chi connectivity index (χ0n) is 9.77. The number of rotatable bonds is 6. The first-order chi connectivity index (χ1) is 8.06. The Morgan fingerprint density at radius 1 is 1.59 bits per heavy atom. The molecule has 1 aromatic rings. The van der Waals surface area contributed by atoms with Crippen LogP contribution in [0.3, 0.4) is 0 Å². The number of nitrogens with one attached hydrogen (secondary N) is 1. The molecule has 0 aliphatic heterocycles. The lowest BCUT2D eigenvalue weighted by Gasteiger charge is -2.11. The van der Waals surface area contributed by atoms with Crippen LogP contribution in [0.1, 0.15) is 13.3 Å². The molecule has 0 aromatic heterocycles. The third-order valence-electron chi connectivity index (χ3n) is 2.44. The SMILES string of the molecule is CSC(C)CCNc1c(Cl)cccc1[N+](=O)[O-]. The molecule has 1 unspecified atom stereocenters. The maximum absolute atomic E-state index is 10.8. The first-order valence-electron chi connectivity index (χ1n) is 5.25. The van der Waals surface area contributed by atoms with Crippen molar-refractivity contribution in [1.29, 1.82) is 0 Å². The minimum absolute atomic E-state index is 0.0225. The van der Waals surface area contributed by atoms with Crippen molar-refractivity contribution in [2.24, 2.45) is 0 Å². The zero-order valence-corrected chi connectivity index (χ0v) is 11.3. The highest BCUT2D eigenvalue weighted by molar-refractivity contribution is 7.99. The molecule has 0 saturated carbocycles. The Hall–Kier alpha value is -0.940. The van der Waals surface area contributed by atoms with Gasteiger partial charge in [0.2, 0.25) is 0 Å². The molecule has 6 heteroatoms. The fourth-order valence-corrected chi connectivity index (χ4v) is 1.95. The maximum atomic E-state index is 10.8. The Bertz CT molecular complexity index is 401. The second kappa shape index (κ2) is 6.71. The van der Waals surface area contributed by atoms with Crippen molar-refractivity contribution in [3.05, 3.63) is 33.3 Å². The molecule has 0 fully saturated rings. The first-order valence-corrected chi connectivity index (χ1v) is 6.92. The van der Waals surface area contributed by atoms with Crippen LogP contribution in [0.4, 0.5) is 11.4 Å². The standard InChI is InChI=1S/C11H15ClN2O2S/c1-8(17-2)6-7-13-11-9(12)4-3-5-10(11)14(15)16/h3-5,8,13H,6-7H2,1-2H3. The van der Waals surface area contributed by atoms with Crippen LogP contribution in [0.5, 0.6) is 0 Å². The van der Waals surface area contributed by atoms with E-state index >= 15 is 0 Å². The summed E-state index contributed by atoms with van der Waals surface area (Å²) < 4.78 is 0. The van der Waals surface area contributed by atoms with Gasteiger partial charge >= 0.3 is 0 Å². The summed E-state index contributed by atoms with van der Waals surface area (Å²) in [6, 6.07) is 4.68. The average Bonchev–Trinajstić information content (AvgIpc) is 2.30. The molecule has 0 saturated heterocycles. The summed E-state index contributed by atoms with van der Waals surface area (Å²) >= 11 is 7.72. The number of benzene rings is 1. The maximum Gasteiger partial charge on any atom is 0.293 e. The molecule has 17 heavy (non-hydrogen) atoms. The van der Waals surface area contributed by atoms with E-state index in [4.69, 9.17) is 11.6 Å². The molecular formula is C11H15ClN2O2S. The van der Waals surface area contributed by atoms with Gasteiger partial charge in [-0.1, -0.05) is 24.6 Å². The van der Waals surface area contributed by atoms with E-state index < -0.39 is 4.92 Å². The van der Waals surface area contributed by atoms with Gasteiger partial charge in [-0.3, -0.25) is 10.1 Å². The van der Waals surface area contributed by atoms with E-state index in [2.05, 4.69) is 12.2 Å². The normalized spacial score (nSPS) is 12.2. The average molecular weight is 275 g/mol. The molecule has 4 nitrogen and oxygen atoms in total. The van der Waals surface area contributed by atoms with E-state index in [0.29, 0.717) is 22.5 Å². The van der Waals surface area contributed by atoms with E-state index in [1.54, 1.807) is 23.9 Å². The molecular weight excluding hydrogens is 260 g/mol. The van der Waals surface area contributed by atoms with Crippen molar-refractivity contribution >= 4 is 34.7 Å². The number of anilines is 1. The summed E-state index contributed by atoms with van der Waals surface area (Å²) in [5, 5.41) is 14.8. The summed E-state index contributed by atoms with van der Waals surface area (Å²) in [6.45, 7) is 2.79. The van der Waals surface area contributed by atoms with Crippen LogP contribution in [0.25, 0.3) is 0 Å². The van der Waals surface area contributed by atoms with Crippen LogP contribution in [0, 0.1) is 10.1 Å². The minimum Gasteiger partial charge on any atom is -0.378 e. The minimum atomic E-state index is -0.424. The summed E-state index contributed by atoms with van der Waals surface area (Å²) in [7, 11) is 0. The molecule has 1 aromatic carbocycles. The van der Waals surface area contributed by atoms with Gasteiger partial charge in [0.15, 0.2) is 0 Å². The Morgan fingerprint density at radius 3 is 2.88 bits per heavy atom. The molecule has 1 rings (SSSR count). The zero-order chi connectivity index (χ0) is 12.8. The fourth-order valence-electron chi connectivity index (χ4n) is 1.36. The summed E-state index contributed by atoms with van der Waals surface area (Å²) in [5.74, 6) is 0.